The lowest BCUT2D eigenvalue weighted by Gasteiger charge is -2.16. The van der Waals surface area contributed by atoms with Crippen molar-refractivity contribution in [1.29, 1.82) is 0 Å². The first-order valence-corrected chi connectivity index (χ1v) is 9.26. The van der Waals surface area contributed by atoms with Crippen LogP contribution in [-0.2, 0) is 0 Å². The molecule has 1 heterocycles. The Balaban J connectivity index is 1.90. The zero-order chi connectivity index (χ0) is 16.4. The average molecular weight is 410 g/mol. The highest BCUT2D eigenvalue weighted by Gasteiger charge is 2.26. The SMILES string of the molecule is Cc1c(Cl)cccc1N=C1SCCN1C(=O)c1ccc(Br)cc1. The van der Waals surface area contributed by atoms with E-state index in [9.17, 15) is 4.79 Å². The van der Waals surface area contributed by atoms with Crippen LogP contribution in [0.5, 0.6) is 0 Å². The van der Waals surface area contributed by atoms with E-state index in [0.717, 1.165) is 26.6 Å². The first-order valence-electron chi connectivity index (χ1n) is 7.10. The number of benzene rings is 2. The van der Waals surface area contributed by atoms with Crippen LogP contribution >= 0.6 is 39.3 Å². The minimum absolute atomic E-state index is 0.0269. The highest BCUT2D eigenvalue weighted by molar-refractivity contribution is 9.10. The van der Waals surface area contributed by atoms with Crippen molar-refractivity contribution in [3.05, 3.63) is 63.1 Å². The maximum absolute atomic E-state index is 12.7. The molecule has 1 aliphatic heterocycles. The zero-order valence-corrected chi connectivity index (χ0v) is 15.6. The Morgan fingerprint density at radius 2 is 2.00 bits per heavy atom. The molecule has 6 heteroatoms. The Labute approximate surface area is 152 Å². The lowest BCUT2D eigenvalue weighted by molar-refractivity contribution is 0.0859. The van der Waals surface area contributed by atoms with E-state index in [-0.39, 0.29) is 5.91 Å². The van der Waals surface area contributed by atoms with E-state index in [0.29, 0.717) is 17.1 Å². The molecule has 0 spiro atoms. The Bertz CT molecular complexity index is 777. The molecule has 0 saturated carbocycles. The quantitative estimate of drug-likeness (QED) is 0.675. The summed E-state index contributed by atoms with van der Waals surface area (Å²) in [5, 5.41) is 1.41. The van der Waals surface area contributed by atoms with Crippen LogP contribution in [-0.4, -0.2) is 28.3 Å². The van der Waals surface area contributed by atoms with E-state index in [4.69, 9.17) is 11.6 Å². The van der Waals surface area contributed by atoms with Crippen LogP contribution in [0.25, 0.3) is 0 Å². The predicted molar refractivity (Wildman–Crippen MR) is 101 cm³/mol. The van der Waals surface area contributed by atoms with E-state index in [1.165, 1.54) is 0 Å². The molecule has 0 aromatic heterocycles. The van der Waals surface area contributed by atoms with Crippen molar-refractivity contribution in [2.24, 2.45) is 4.99 Å². The summed E-state index contributed by atoms with van der Waals surface area (Å²) in [6, 6.07) is 13.0. The topological polar surface area (TPSA) is 32.7 Å². The maximum atomic E-state index is 12.7. The van der Waals surface area contributed by atoms with Gasteiger partial charge in [0.1, 0.15) is 0 Å². The van der Waals surface area contributed by atoms with Crippen LogP contribution < -0.4 is 0 Å². The number of hydrogen-bond donors (Lipinski definition) is 0. The maximum Gasteiger partial charge on any atom is 0.259 e. The number of thioether (sulfide) groups is 1. The van der Waals surface area contributed by atoms with Gasteiger partial charge in [0, 0.05) is 27.4 Å². The van der Waals surface area contributed by atoms with E-state index < -0.39 is 0 Å². The van der Waals surface area contributed by atoms with Gasteiger partial charge >= 0.3 is 0 Å². The largest absolute Gasteiger partial charge is 0.286 e. The molecule has 0 radical (unpaired) electrons. The lowest BCUT2D eigenvalue weighted by atomic mass is 10.2. The molecule has 0 N–H and O–H groups in total. The van der Waals surface area contributed by atoms with Gasteiger partial charge in [0.25, 0.3) is 5.91 Å². The molecule has 0 bridgehead atoms. The Hall–Kier alpha value is -1.30. The highest BCUT2D eigenvalue weighted by Crippen LogP contribution is 2.29. The normalized spacial score (nSPS) is 16.1. The molecular formula is C17H14BrClN2OS. The van der Waals surface area contributed by atoms with Gasteiger partial charge in [-0.25, -0.2) is 4.99 Å². The predicted octanol–water partition coefficient (Wildman–Crippen LogP) is 5.29. The second-order valence-electron chi connectivity index (χ2n) is 5.09. The summed E-state index contributed by atoms with van der Waals surface area (Å²) in [6.45, 7) is 2.60. The molecule has 1 saturated heterocycles. The first kappa shape index (κ1) is 16.6. The van der Waals surface area contributed by atoms with Crippen molar-refractivity contribution in [3.63, 3.8) is 0 Å². The van der Waals surface area contributed by atoms with Gasteiger partial charge in [0.05, 0.1) is 5.69 Å². The third-order valence-electron chi connectivity index (χ3n) is 3.57. The molecule has 0 aliphatic carbocycles. The van der Waals surface area contributed by atoms with Crippen LogP contribution in [0.1, 0.15) is 15.9 Å². The Kier molecular flexibility index (Phi) is 5.09. The summed E-state index contributed by atoms with van der Waals surface area (Å²) in [7, 11) is 0. The standard InChI is InChI=1S/C17H14BrClN2OS/c1-11-14(19)3-2-4-15(11)20-17-21(9-10-23-17)16(22)12-5-7-13(18)8-6-12/h2-8H,9-10H2,1H3. The fraction of sp³-hybridized carbons (Fsp3) is 0.176. The van der Waals surface area contributed by atoms with Gasteiger partial charge in [0.15, 0.2) is 5.17 Å². The number of carbonyl (C=O) groups excluding carboxylic acids is 1. The molecular weight excluding hydrogens is 396 g/mol. The van der Waals surface area contributed by atoms with Crippen molar-refractivity contribution < 1.29 is 4.79 Å². The number of amides is 1. The number of rotatable bonds is 2. The van der Waals surface area contributed by atoms with Crippen molar-refractivity contribution in [3.8, 4) is 0 Å². The number of nitrogens with zero attached hydrogens (tertiary/aromatic N) is 2. The second-order valence-corrected chi connectivity index (χ2v) is 7.48. The van der Waals surface area contributed by atoms with Gasteiger partial charge in [-0.2, -0.15) is 0 Å². The van der Waals surface area contributed by atoms with E-state index in [2.05, 4.69) is 20.9 Å². The van der Waals surface area contributed by atoms with Crippen molar-refractivity contribution in [2.75, 3.05) is 12.3 Å². The second kappa shape index (κ2) is 7.07. The molecule has 23 heavy (non-hydrogen) atoms. The molecule has 0 atom stereocenters. The van der Waals surface area contributed by atoms with E-state index in [1.807, 2.05) is 49.4 Å². The third kappa shape index (κ3) is 3.62. The molecule has 118 valence electrons. The van der Waals surface area contributed by atoms with Gasteiger partial charge in [-0.15, -0.1) is 0 Å². The molecule has 3 rings (SSSR count). The van der Waals surface area contributed by atoms with Gasteiger partial charge in [-0.3, -0.25) is 9.69 Å². The van der Waals surface area contributed by atoms with Crippen LogP contribution in [0, 0.1) is 6.92 Å². The number of halogens is 2. The van der Waals surface area contributed by atoms with Gasteiger partial charge in [0.2, 0.25) is 0 Å². The highest BCUT2D eigenvalue weighted by atomic mass is 79.9. The number of hydrogen-bond acceptors (Lipinski definition) is 3. The Morgan fingerprint density at radius 1 is 1.26 bits per heavy atom. The van der Waals surface area contributed by atoms with Crippen molar-refractivity contribution >= 4 is 56.1 Å². The molecule has 1 fully saturated rings. The van der Waals surface area contributed by atoms with Gasteiger partial charge in [-0.1, -0.05) is 45.4 Å². The number of carbonyl (C=O) groups is 1. The molecule has 2 aromatic carbocycles. The number of aliphatic imine (C=N–C) groups is 1. The summed E-state index contributed by atoms with van der Waals surface area (Å²) in [5.41, 5.74) is 2.38. The fourth-order valence-electron chi connectivity index (χ4n) is 2.25. The summed E-state index contributed by atoms with van der Waals surface area (Å²) >= 11 is 11.1. The van der Waals surface area contributed by atoms with Gasteiger partial charge < -0.3 is 0 Å². The zero-order valence-electron chi connectivity index (χ0n) is 12.4. The van der Waals surface area contributed by atoms with Crippen LogP contribution in [0.4, 0.5) is 5.69 Å². The fourth-order valence-corrected chi connectivity index (χ4v) is 3.63. The minimum Gasteiger partial charge on any atom is -0.286 e. The van der Waals surface area contributed by atoms with Crippen molar-refractivity contribution in [1.82, 2.24) is 4.90 Å². The summed E-state index contributed by atoms with van der Waals surface area (Å²) in [4.78, 5) is 19.1. The van der Waals surface area contributed by atoms with E-state index in [1.54, 1.807) is 16.7 Å². The monoisotopic (exact) mass is 408 g/mol. The Morgan fingerprint density at radius 3 is 2.74 bits per heavy atom. The van der Waals surface area contributed by atoms with Crippen LogP contribution in [0.15, 0.2) is 51.9 Å². The van der Waals surface area contributed by atoms with E-state index >= 15 is 0 Å². The number of amidine groups is 1. The first-order chi connectivity index (χ1) is 11.1. The molecule has 3 nitrogen and oxygen atoms in total. The lowest BCUT2D eigenvalue weighted by Crippen LogP contribution is -2.31. The molecule has 1 amide bonds. The third-order valence-corrected chi connectivity index (χ3v) is 5.46. The summed E-state index contributed by atoms with van der Waals surface area (Å²) in [5.74, 6) is 0.821. The van der Waals surface area contributed by atoms with Crippen LogP contribution in [0.3, 0.4) is 0 Å². The minimum atomic E-state index is -0.0269. The summed E-state index contributed by atoms with van der Waals surface area (Å²) in [6.07, 6.45) is 0. The smallest absolute Gasteiger partial charge is 0.259 e. The molecule has 1 aliphatic rings. The molecule has 2 aromatic rings. The van der Waals surface area contributed by atoms with Crippen LogP contribution in [0.2, 0.25) is 5.02 Å². The van der Waals surface area contributed by atoms with Crippen molar-refractivity contribution in [2.45, 2.75) is 6.92 Å². The van der Waals surface area contributed by atoms with Gasteiger partial charge in [-0.05, 0) is 48.9 Å². The average Bonchev–Trinajstić information content (AvgIpc) is 3.00. The molecule has 0 unspecified atom stereocenters. The summed E-state index contributed by atoms with van der Waals surface area (Å²) < 4.78 is 0.952.